The molecule has 2 heterocycles. The van der Waals surface area contributed by atoms with Crippen LogP contribution in [0.4, 0.5) is 0 Å². The molecule has 8 nitrogen and oxygen atoms in total. The largest absolute Gasteiger partial charge is 0.423 e. The lowest BCUT2D eigenvalue weighted by atomic mass is 9.65. The monoisotopic (exact) mass is 469 g/mol. The molecule has 1 amide bonds. The summed E-state index contributed by atoms with van der Waals surface area (Å²) < 4.78 is 15.9. The first-order valence-electron chi connectivity index (χ1n) is 11.5. The van der Waals surface area contributed by atoms with E-state index in [1.165, 1.54) is 19.9 Å². The molecule has 2 bridgehead atoms. The third kappa shape index (κ3) is 4.45. The molecule has 1 saturated heterocycles. The van der Waals surface area contributed by atoms with Crippen molar-refractivity contribution in [2.45, 2.75) is 73.3 Å². The molecule has 0 spiro atoms. The normalized spacial score (nSPS) is 23.1. The van der Waals surface area contributed by atoms with Gasteiger partial charge in [0.1, 0.15) is 0 Å². The summed E-state index contributed by atoms with van der Waals surface area (Å²) in [4.78, 5) is 51.4. The predicted molar refractivity (Wildman–Crippen MR) is 125 cm³/mol. The van der Waals surface area contributed by atoms with Crippen molar-refractivity contribution < 1.29 is 28.3 Å². The molecule has 0 radical (unpaired) electrons. The van der Waals surface area contributed by atoms with Crippen LogP contribution in [-0.4, -0.2) is 35.3 Å². The van der Waals surface area contributed by atoms with Crippen LogP contribution in [0.2, 0.25) is 0 Å². The highest BCUT2D eigenvalue weighted by molar-refractivity contribution is 5.92. The van der Waals surface area contributed by atoms with Crippen LogP contribution < -0.4 is 15.1 Å². The van der Waals surface area contributed by atoms with Crippen LogP contribution >= 0.6 is 0 Å². The molecular weight excluding hydrogens is 438 g/mol. The third-order valence-corrected chi connectivity index (χ3v) is 6.94. The second kappa shape index (κ2) is 8.25. The Morgan fingerprint density at radius 1 is 1.09 bits per heavy atom. The molecule has 1 saturated carbocycles. The van der Waals surface area contributed by atoms with Crippen molar-refractivity contribution in [2.24, 2.45) is 10.8 Å². The fraction of sp³-hybridized carbons (Fsp3) is 0.538. The summed E-state index contributed by atoms with van der Waals surface area (Å²) in [5.41, 5.74) is 0.432. The van der Waals surface area contributed by atoms with E-state index in [1.807, 2.05) is 4.90 Å². The quantitative estimate of drug-likeness (QED) is 0.380. The lowest BCUT2D eigenvalue weighted by molar-refractivity contribution is -0.134. The van der Waals surface area contributed by atoms with Gasteiger partial charge in [0.25, 0.3) is 0 Å². The Morgan fingerprint density at radius 2 is 1.76 bits per heavy atom. The van der Waals surface area contributed by atoms with E-state index in [0.29, 0.717) is 17.5 Å². The summed E-state index contributed by atoms with van der Waals surface area (Å²) >= 11 is 0. The van der Waals surface area contributed by atoms with E-state index in [2.05, 4.69) is 20.8 Å². The summed E-state index contributed by atoms with van der Waals surface area (Å²) in [7, 11) is 0. The average molecular weight is 470 g/mol. The first-order valence-corrected chi connectivity index (χ1v) is 11.5. The van der Waals surface area contributed by atoms with Crippen LogP contribution in [0.15, 0.2) is 21.3 Å². The molecule has 1 aromatic heterocycles. The minimum Gasteiger partial charge on any atom is -0.423 e. The first-order chi connectivity index (χ1) is 15.8. The molecule has 1 aliphatic carbocycles. The predicted octanol–water partition coefficient (Wildman–Crippen LogP) is 3.92. The molecule has 2 aromatic rings. The van der Waals surface area contributed by atoms with E-state index in [0.717, 1.165) is 19.3 Å². The minimum absolute atomic E-state index is 0.000982. The van der Waals surface area contributed by atoms with E-state index >= 15 is 0 Å². The van der Waals surface area contributed by atoms with Gasteiger partial charge in [0.15, 0.2) is 11.3 Å². The van der Waals surface area contributed by atoms with Crippen molar-refractivity contribution in [1.29, 1.82) is 0 Å². The van der Waals surface area contributed by atoms with Gasteiger partial charge in [-0.2, -0.15) is 0 Å². The number of carbonyl (C=O) groups is 3. The van der Waals surface area contributed by atoms with E-state index in [4.69, 9.17) is 13.9 Å². The van der Waals surface area contributed by atoms with Crippen molar-refractivity contribution in [3.63, 3.8) is 0 Å². The number of ether oxygens (including phenoxy) is 2. The Kier molecular flexibility index (Phi) is 5.82. The molecule has 8 heteroatoms. The second-order valence-electron chi connectivity index (χ2n) is 10.9. The Hall–Kier alpha value is -3.16. The zero-order valence-corrected chi connectivity index (χ0v) is 20.6. The Balaban J connectivity index is 1.70. The van der Waals surface area contributed by atoms with Gasteiger partial charge < -0.3 is 18.8 Å². The Labute approximate surface area is 198 Å². The van der Waals surface area contributed by atoms with E-state index in [-0.39, 0.29) is 51.8 Å². The first kappa shape index (κ1) is 24.0. The SMILES string of the molecule is CC(=O)Oc1ccc2c(C)c(CC(=O)N3C[C@]4(C)C[C@H]3CC(C)(C)C4)c(=O)oc2c1OC(C)=O. The van der Waals surface area contributed by atoms with Gasteiger partial charge >= 0.3 is 17.6 Å². The minimum atomic E-state index is -0.680. The maximum absolute atomic E-state index is 13.4. The highest BCUT2D eigenvalue weighted by atomic mass is 16.6. The summed E-state index contributed by atoms with van der Waals surface area (Å²) in [5.74, 6) is -1.51. The van der Waals surface area contributed by atoms with Gasteiger partial charge in [0.2, 0.25) is 11.7 Å². The maximum Gasteiger partial charge on any atom is 0.340 e. The van der Waals surface area contributed by atoms with Gasteiger partial charge in [-0.1, -0.05) is 20.8 Å². The fourth-order valence-electron chi connectivity index (χ4n) is 6.10. The standard InChI is InChI=1S/C26H31NO7/c1-14-18-7-8-20(32-15(2)28)23(33-16(3)29)22(18)34-24(31)19(14)9-21(30)27-13-26(6)11-17(27)10-25(4,5)12-26/h7-8,17H,9-13H2,1-6H3/t17-,26-/m1/s1. The molecule has 2 aliphatic rings. The highest BCUT2D eigenvalue weighted by Crippen LogP contribution is 2.52. The molecule has 0 N–H and O–H groups in total. The zero-order valence-electron chi connectivity index (χ0n) is 20.6. The third-order valence-electron chi connectivity index (χ3n) is 6.94. The lowest BCUT2D eigenvalue weighted by Gasteiger charge is -2.39. The van der Waals surface area contributed by atoms with Gasteiger partial charge in [-0.3, -0.25) is 14.4 Å². The van der Waals surface area contributed by atoms with E-state index < -0.39 is 17.6 Å². The number of likely N-dealkylation sites (tertiary alicyclic amines) is 1. The number of amides is 1. The molecule has 1 aliphatic heterocycles. The zero-order chi connectivity index (χ0) is 25.0. The molecule has 1 aromatic carbocycles. The summed E-state index contributed by atoms with van der Waals surface area (Å²) in [6.45, 7) is 11.6. The van der Waals surface area contributed by atoms with Crippen molar-refractivity contribution in [1.82, 2.24) is 4.90 Å². The number of nitrogens with zero attached hydrogens (tertiary/aromatic N) is 1. The number of esters is 2. The van der Waals surface area contributed by atoms with Crippen LogP contribution in [0.25, 0.3) is 11.0 Å². The van der Waals surface area contributed by atoms with Crippen molar-refractivity contribution in [2.75, 3.05) is 6.54 Å². The van der Waals surface area contributed by atoms with Gasteiger partial charge in [-0.05, 0) is 54.7 Å². The molecule has 2 fully saturated rings. The lowest BCUT2D eigenvalue weighted by Crippen LogP contribution is -2.39. The number of benzene rings is 1. The number of fused-ring (bicyclic) bond motifs is 3. The molecular formula is C26H31NO7. The fourth-order valence-corrected chi connectivity index (χ4v) is 6.10. The summed E-state index contributed by atoms with van der Waals surface area (Å²) in [6.07, 6.45) is 2.94. The number of hydrogen-bond acceptors (Lipinski definition) is 7. The number of rotatable bonds is 4. The van der Waals surface area contributed by atoms with Crippen molar-refractivity contribution >= 4 is 28.8 Å². The summed E-state index contributed by atoms with van der Waals surface area (Å²) in [6, 6.07) is 3.28. The number of hydrogen-bond donors (Lipinski definition) is 0. The number of carbonyl (C=O) groups excluding carboxylic acids is 3. The van der Waals surface area contributed by atoms with E-state index in [9.17, 15) is 19.2 Å². The maximum atomic E-state index is 13.4. The summed E-state index contributed by atoms with van der Waals surface area (Å²) in [5, 5.41) is 0.503. The van der Waals surface area contributed by atoms with Crippen LogP contribution in [0.5, 0.6) is 11.5 Å². The molecule has 0 unspecified atom stereocenters. The van der Waals surface area contributed by atoms with Crippen LogP contribution in [-0.2, 0) is 20.8 Å². The van der Waals surface area contributed by atoms with Crippen LogP contribution in [0.3, 0.4) is 0 Å². The van der Waals surface area contributed by atoms with Gasteiger partial charge in [0.05, 0.1) is 12.0 Å². The molecule has 34 heavy (non-hydrogen) atoms. The Bertz CT molecular complexity index is 1260. The van der Waals surface area contributed by atoms with Crippen molar-refractivity contribution in [3.8, 4) is 11.5 Å². The molecule has 2 atom stereocenters. The topological polar surface area (TPSA) is 103 Å². The smallest absolute Gasteiger partial charge is 0.340 e. The average Bonchev–Trinajstić information content (AvgIpc) is 2.95. The van der Waals surface area contributed by atoms with Gasteiger partial charge in [-0.25, -0.2) is 4.79 Å². The van der Waals surface area contributed by atoms with E-state index in [1.54, 1.807) is 13.0 Å². The Morgan fingerprint density at radius 3 is 2.41 bits per heavy atom. The second-order valence-corrected chi connectivity index (χ2v) is 10.9. The van der Waals surface area contributed by atoms with Crippen molar-refractivity contribution in [3.05, 3.63) is 33.7 Å². The van der Waals surface area contributed by atoms with Gasteiger partial charge in [-0.15, -0.1) is 0 Å². The highest BCUT2D eigenvalue weighted by Gasteiger charge is 2.50. The van der Waals surface area contributed by atoms with Crippen LogP contribution in [0.1, 0.15) is 65.0 Å². The molecule has 4 rings (SSSR count). The van der Waals surface area contributed by atoms with Gasteiger partial charge in [0, 0.05) is 31.8 Å². The number of aryl methyl sites for hydroxylation is 1. The van der Waals surface area contributed by atoms with Crippen LogP contribution in [0, 0.1) is 17.8 Å². The molecule has 182 valence electrons.